The molecule has 8 atom stereocenters. The van der Waals surface area contributed by atoms with Gasteiger partial charge in [0, 0.05) is 5.57 Å². The summed E-state index contributed by atoms with van der Waals surface area (Å²) >= 11 is 0. The molecule has 4 nitrogen and oxygen atoms in total. The Morgan fingerprint density at radius 1 is 1.18 bits per heavy atom. The van der Waals surface area contributed by atoms with Crippen LogP contribution in [0.5, 0.6) is 0 Å². The van der Waals surface area contributed by atoms with Crippen LogP contribution < -0.4 is 0 Å². The molecular formula is C29H44O4. The van der Waals surface area contributed by atoms with E-state index in [-0.39, 0.29) is 11.2 Å². The molecule has 4 rings (SSSR count). The minimum atomic E-state index is -0.822. The maximum atomic E-state index is 12.2. The molecule has 0 radical (unpaired) electrons. The van der Waals surface area contributed by atoms with Gasteiger partial charge >= 0.3 is 5.97 Å². The van der Waals surface area contributed by atoms with Crippen LogP contribution in [0.4, 0.5) is 0 Å². The van der Waals surface area contributed by atoms with Crippen LogP contribution in [0.15, 0.2) is 22.8 Å². The molecule has 3 saturated carbocycles. The molecule has 3 fully saturated rings. The van der Waals surface area contributed by atoms with Crippen LogP contribution in [0.2, 0.25) is 0 Å². The Kier molecular flexibility index (Phi) is 6.72. The highest BCUT2D eigenvalue weighted by atomic mass is 16.4. The quantitative estimate of drug-likeness (QED) is 0.458. The Labute approximate surface area is 199 Å². The summed E-state index contributed by atoms with van der Waals surface area (Å²) in [5.74, 6) is 2.45. The maximum Gasteiger partial charge on any atom is 0.331 e. The largest absolute Gasteiger partial charge is 0.478 e. The standard InChI is InChI=1S/C29H44O4/c1-6-19(18(3)27(32)33)8-7-17(2)22-11-12-23-21-10-9-20-15-25(30)26(31)16-29(20,5)24(21)13-14-28(22,23)4/h15,17,21-24,26,31H,6-14,16H2,1-5H3,(H,32,33)/t17-,21+,22-,23+,24+,26?,28-,29+/m1/s1. The molecule has 0 spiro atoms. The van der Waals surface area contributed by atoms with Crippen LogP contribution in [0, 0.1) is 40.4 Å². The third-order valence-corrected chi connectivity index (χ3v) is 10.9. The van der Waals surface area contributed by atoms with E-state index in [1.54, 1.807) is 13.0 Å². The zero-order valence-corrected chi connectivity index (χ0v) is 21.3. The highest BCUT2D eigenvalue weighted by Crippen LogP contribution is 2.67. The number of hydrogen-bond donors (Lipinski definition) is 2. The van der Waals surface area contributed by atoms with Crippen LogP contribution in [0.3, 0.4) is 0 Å². The molecule has 4 aliphatic carbocycles. The number of aliphatic carboxylic acids is 1. The van der Waals surface area contributed by atoms with Gasteiger partial charge in [-0.25, -0.2) is 4.79 Å². The number of ketones is 1. The summed E-state index contributed by atoms with van der Waals surface area (Å²) in [5.41, 5.74) is 3.28. The normalized spacial score (nSPS) is 41.9. The lowest BCUT2D eigenvalue weighted by Crippen LogP contribution is -2.52. The van der Waals surface area contributed by atoms with Crippen molar-refractivity contribution in [2.45, 2.75) is 105 Å². The molecule has 4 aliphatic rings. The smallest absolute Gasteiger partial charge is 0.331 e. The van der Waals surface area contributed by atoms with Gasteiger partial charge in [-0.15, -0.1) is 0 Å². The molecule has 0 aromatic heterocycles. The van der Waals surface area contributed by atoms with Gasteiger partial charge in [0.1, 0.15) is 6.10 Å². The van der Waals surface area contributed by atoms with Crippen molar-refractivity contribution in [1.29, 1.82) is 0 Å². The topological polar surface area (TPSA) is 74.6 Å². The van der Waals surface area contributed by atoms with Crippen molar-refractivity contribution in [1.82, 2.24) is 0 Å². The Morgan fingerprint density at radius 2 is 1.91 bits per heavy atom. The highest BCUT2D eigenvalue weighted by molar-refractivity contribution is 5.95. The number of aliphatic hydroxyl groups excluding tert-OH is 1. The van der Waals surface area contributed by atoms with E-state index in [0.717, 1.165) is 37.2 Å². The number of carbonyl (C=O) groups excluding carboxylic acids is 1. The number of hydrogen-bond acceptors (Lipinski definition) is 3. The first kappa shape index (κ1) is 24.7. The lowest BCUT2D eigenvalue weighted by atomic mass is 9.46. The first-order chi connectivity index (χ1) is 15.5. The average molecular weight is 457 g/mol. The van der Waals surface area contributed by atoms with E-state index >= 15 is 0 Å². The summed E-state index contributed by atoms with van der Waals surface area (Å²) in [5, 5.41) is 19.8. The molecule has 2 N–H and O–H groups in total. The SMILES string of the molecule is CCC(CC[C@@H](C)[C@H]1CC[C@H]2[C@@H]3CCC4=CC(=O)C(O)C[C@]4(C)[C@H]3CC[C@]12C)=C(C)C(=O)O. The molecule has 33 heavy (non-hydrogen) atoms. The molecule has 0 aliphatic heterocycles. The molecule has 0 aromatic carbocycles. The maximum absolute atomic E-state index is 12.2. The predicted octanol–water partition coefficient (Wildman–Crippen LogP) is 6.33. The minimum Gasteiger partial charge on any atom is -0.478 e. The average Bonchev–Trinajstić information content (AvgIpc) is 3.12. The fourth-order valence-corrected chi connectivity index (χ4v) is 8.98. The molecule has 1 unspecified atom stereocenters. The zero-order valence-electron chi connectivity index (χ0n) is 21.3. The van der Waals surface area contributed by atoms with Crippen molar-refractivity contribution >= 4 is 11.8 Å². The van der Waals surface area contributed by atoms with Crippen molar-refractivity contribution in [3.05, 3.63) is 22.8 Å². The Balaban J connectivity index is 1.49. The van der Waals surface area contributed by atoms with Crippen LogP contribution in [-0.4, -0.2) is 28.1 Å². The van der Waals surface area contributed by atoms with E-state index in [2.05, 4.69) is 27.7 Å². The second-order valence-electron chi connectivity index (χ2n) is 12.3. The van der Waals surface area contributed by atoms with Gasteiger partial charge in [-0.05, 0) is 118 Å². The molecule has 4 heteroatoms. The van der Waals surface area contributed by atoms with E-state index in [0.29, 0.717) is 41.1 Å². The first-order valence-corrected chi connectivity index (χ1v) is 13.4. The Bertz CT molecular complexity index is 869. The fraction of sp³-hybridized carbons (Fsp3) is 0.793. The second-order valence-corrected chi connectivity index (χ2v) is 12.3. The van der Waals surface area contributed by atoms with Gasteiger partial charge in [0.25, 0.3) is 0 Å². The van der Waals surface area contributed by atoms with Gasteiger partial charge < -0.3 is 10.2 Å². The van der Waals surface area contributed by atoms with Crippen LogP contribution in [0.25, 0.3) is 0 Å². The molecule has 0 heterocycles. The number of allylic oxidation sites excluding steroid dienone is 2. The number of carboxylic acid groups (broad SMARTS) is 1. The van der Waals surface area contributed by atoms with Crippen molar-refractivity contribution in [2.75, 3.05) is 0 Å². The van der Waals surface area contributed by atoms with Crippen LogP contribution in [0.1, 0.15) is 98.8 Å². The molecule has 0 amide bonds. The van der Waals surface area contributed by atoms with Crippen LogP contribution >= 0.6 is 0 Å². The summed E-state index contributed by atoms with van der Waals surface area (Å²) in [6.45, 7) is 11.1. The number of rotatable bonds is 6. The Morgan fingerprint density at radius 3 is 2.58 bits per heavy atom. The third kappa shape index (κ3) is 4.05. The third-order valence-electron chi connectivity index (χ3n) is 10.9. The van der Waals surface area contributed by atoms with E-state index in [1.807, 2.05) is 0 Å². The number of carbonyl (C=O) groups is 2. The first-order valence-electron chi connectivity index (χ1n) is 13.4. The predicted molar refractivity (Wildman–Crippen MR) is 131 cm³/mol. The lowest BCUT2D eigenvalue weighted by molar-refractivity contribution is -0.132. The van der Waals surface area contributed by atoms with Crippen molar-refractivity contribution in [3.8, 4) is 0 Å². The lowest BCUT2D eigenvalue weighted by Gasteiger charge is -2.58. The summed E-state index contributed by atoms with van der Waals surface area (Å²) in [4.78, 5) is 23.6. The molecule has 0 bridgehead atoms. The van der Waals surface area contributed by atoms with Gasteiger partial charge in [0.05, 0.1) is 0 Å². The molecular weight excluding hydrogens is 412 g/mol. The molecule has 184 valence electrons. The van der Waals surface area contributed by atoms with Gasteiger partial charge in [0.15, 0.2) is 5.78 Å². The van der Waals surface area contributed by atoms with E-state index in [1.165, 1.54) is 37.7 Å². The summed E-state index contributed by atoms with van der Waals surface area (Å²) in [6, 6.07) is 0. The van der Waals surface area contributed by atoms with Crippen molar-refractivity contribution in [2.24, 2.45) is 40.4 Å². The van der Waals surface area contributed by atoms with Gasteiger partial charge in [-0.1, -0.05) is 38.8 Å². The van der Waals surface area contributed by atoms with E-state index in [4.69, 9.17) is 0 Å². The second kappa shape index (κ2) is 8.98. The fourth-order valence-electron chi connectivity index (χ4n) is 8.98. The van der Waals surface area contributed by atoms with Gasteiger partial charge in [-0.3, -0.25) is 4.79 Å². The number of carboxylic acids is 1. The zero-order chi connectivity index (χ0) is 24.1. The minimum absolute atomic E-state index is 0.0174. The van der Waals surface area contributed by atoms with E-state index in [9.17, 15) is 19.8 Å². The van der Waals surface area contributed by atoms with E-state index < -0.39 is 12.1 Å². The van der Waals surface area contributed by atoms with Gasteiger partial charge in [0.2, 0.25) is 0 Å². The van der Waals surface area contributed by atoms with Crippen molar-refractivity contribution < 1.29 is 19.8 Å². The summed E-state index contributed by atoms with van der Waals surface area (Å²) < 4.78 is 0. The summed E-state index contributed by atoms with van der Waals surface area (Å²) in [7, 11) is 0. The Hall–Kier alpha value is -1.42. The van der Waals surface area contributed by atoms with Gasteiger partial charge in [-0.2, -0.15) is 0 Å². The van der Waals surface area contributed by atoms with Crippen LogP contribution in [-0.2, 0) is 9.59 Å². The molecule has 0 saturated heterocycles. The summed E-state index contributed by atoms with van der Waals surface area (Å²) in [6.07, 6.45) is 11.6. The highest BCUT2D eigenvalue weighted by Gasteiger charge is 2.60. The monoisotopic (exact) mass is 456 g/mol. The number of fused-ring (bicyclic) bond motifs is 5. The number of aliphatic hydroxyl groups is 1. The van der Waals surface area contributed by atoms with Crippen molar-refractivity contribution in [3.63, 3.8) is 0 Å². The molecule has 0 aromatic rings.